The van der Waals surface area contributed by atoms with Crippen molar-refractivity contribution >= 4 is 17.3 Å². The van der Waals surface area contributed by atoms with Gasteiger partial charge in [0.25, 0.3) is 5.91 Å². The Balaban J connectivity index is 1.96. The van der Waals surface area contributed by atoms with E-state index in [0.717, 1.165) is 22.4 Å². The minimum atomic E-state index is -4.33. The second-order valence-electron chi connectivity index (χ2n) is 7.14. The average Bonchev–Trinajstić information content (AvgIpc) is 3.09. The number of halogens is 3. The van der Waals surface area contributed by atoms with Crippen molar-refractivity contribution in [2.75, 3.05) is 18.4 Å². The number of nitrogens with zero attached hydrogens (tertiary/aromatic N) is 3. The van der Waals surface area contributed by atoms with Crippen molar-refractivity contribution in [3.63, 3.8) is 0 Å². The van der Waals surface area contributed by atoms with Crippen molar-refractivity contribution in [1.82, 2.24) is 15.1 Å². The lowest BCUT2D eigenvalue weighted by Crippen LogP contribution is -2.33. The summed E-state index contributed by atoms with van der Waals surface area (Å²) in [4.78, 5) is 16.2. The van der Waals surface area contributed by atoms with E-state index in [1.165, 1.54) is 0 Å². The third-order valence-corrected chi connectivity index (χ3v) is 4.90. The smallest absolute Gasteiger partial charge is 0.377 e. The average molecular weight is 407 g/mol. The van der Waals surface area contributed by atoms with Gasteiger partial charge in [0.05, 0.1) is 17.8 Å². The predicted molar refractivity (Wildman–Crippen MR) is 106 cm³/mol. The van der Waals surface area contributed by atoms with Gasteiger partial charge in [-0.15, -0.1) is 0 Å². The minimum Gasteiger partial charge on any atom is -0.377 e. The van der Waals surface area contributed by atoms with E-state index in [0.29, 0.717) is 30.7 Å². The molecule has 1 aromatic carbocycles. The van der Waals surface area contributed by atoms with Crippen molar-refractivity contribution < 1.29 is 18.0 Å². The highest BCUT2D eigenvalue weighted by Gasteiger charge is 2.27. The first-order valence-electron chi connectivity index (χ1n) is 9.46. The van der Waals surface area contributed by atoms with Crippen molar-refractivity contribution in [2.24, 2.45) is 12.0 Å². The molecule has 0 fully saturated rings. The topological polar surface area (TPSA) is 71.3 Å². The van der Waals surface area contributed by atoms with E-state index >= 15 is 0 Å². The van der Waals surface area contributed by atoms with Crippen molar-refractivity contribution in [1.29, 1.82) is 0 Å². The van der Waals surface area contributed by atoms with Gasteiger partial charge in [-0.1, -0.05) is 6.92 Å². The summed E-state index contributed by atoms with van der Waals surface area (Å²) in [5.41, 5.74) is 4.20. The molecule has 29 heavy (non-hydrogen) atoms. The number of aryl methyl sites for hydroxylation is 1. The van der Waals surface area contributed by atoms with Gasteiger partial charge in [0.1, 0.15) is 6.54 Å². The predicted octanol–water partition coefficient (Wildman–Crippen LogP) is 3.59. The van der Waals surface area contributed by atoms with Gasteiger partial charge in [0.2, 0.25) is 0 Å². The fourth-order valence-corrected chi connectivity index (χ4v) is 3.47. The van der Waals surface area contributed by atoms with Crippen LogP contribution in [0.3, 0.4) is 0 Å². The number of amides is 1. The van der Waals surface area contributed by atoms with Gasteiger partial charge in [0, 0.05) is 36.8 Å². The number of aliphatic imine (C=N–C) groups is 1. The first-order valence-corrected chi connectivity index (χ1v) is 9.46. The van der Waals surface area contributed by atoms with Gasteiger partial charge in [-0.2, -0.15) is 18.3 Å². The summed E-state index contributed by atoms with van der Waals surface area (Å²) in [5, 5.41) is 10.3. The fraction of sp³-hybridized carbons (Fsp3) is 0.450. The Morgan fingerprint density at radius 2 is 2.17 bits per heavy atom. The minimum absolute atomic E-state index is 0.133. The number of hydrogen-bond donors (Lipinski definition) is 2. The lowest BCUT2D eigenvalue weighted by Gasteiger charge is -2.24. The third kappa shape index (κ3) is 4.96. The van der Waals surface area contributed by atoms with Crippen LogP contribution in [0.5, 0.6) is 0 Å². The van der Waals surface area contributed by atoms with E-state index in [1.807, 2.05) is 25.3 Å². The molecule has 1 unspecified atom stereocenters. The summed E-state index contributed by atoms with van der Waals surface area (Å²) in [6.07, 6.45) is 0.449. The van der Waals surface area contributed by atoms with Crippen LogP contribution in [0.15, 0.2) is 29.5 Å². The van der Waals surface area contributed by atoms with E-state index in [2.05, 4.69) is 20.7 Å². The largest absolute Gasteiger partial charge is 0.407 e. The van der Waals surface area contributed by atoms with Crippen LogP contribution in [0, 0.1) is 0 Å². The Hall–Kier alpha value is -2.84. The van der Waals surface area contributed by atoms with Crippen molar-refractivity contribution in [2.45, 2.75) is 38.9 Å². The molecule has 156 valence electrons. The number of aromatic nitrogens is 2. The monoisotopic (exact) mass is 407 g/mol. The molecule has 0 radical (unpaired) electrons. The number of carbonyl (C=O) groups excluding carboxylic acids is 1. The van der Waals surface area contributed by atoms with E-state index < -0.39 is 12.7 Å². The Kier molecular flexibility index (Phi) is 5.95. The lowest BCUT2D eigenvalue weighted by molar-refractivity contribution is -0.118. The SMILES string of the molecule is CCC(Nc1cc2c(c(-c3cnn(C)c3)c1)C(=O)NCC2)C(C)=NCC(F)(F)F. The molecule has 1 aliphatic heterocycles. The van der Waals surface area contributed by atoms with Gasteiger partial charge in [-0.25, -0.2) is 0 Å². The Labute approximate surface area is 167 Å². The molecule has 6 nitrogen and oxygen atoms in total. The Morgan fingerprint density at radius 1 is 1.41 bits per heavy atom. The molecule has 1 amide bonds. The molecule has 0 saturated heterocycles. The molecule has 2 aromatic rings. The number of anilines is 1. The fourth-order valence-electron chi connectivity index (χ4n) is 3.47. The Bertz CT molecular complexity index is 933. The number of alkyl halides is 3. The van der Waals surface area contributed by atoms with Gasteiger partial charge in [-0.05, 0) is 43.0 Å². The first-order chi connectivity index (χ1) is 13.7. The highest BCUT2D eigenvalue weighted by atomic mass is 19.4. The standard InChI is InChI=1S/C20H24F3N5O/c1-4-17(12(2)25-11-20(21,22)23)27-15-7-13-5-6-24-19(29)18(13)16(8-15)14-9-26-28(3)10-14/h7-10,17,27H,4-6,11H2,1-3H3,(H,24,29). The maximum Gasteiger partial charge on any atom is 0.407 e. The normalized spacial score (nSPS) is 15.7. The molecule has 3 rings (SSSR count). The lowest BCUT2D eigenvalue weighted by atomic mass is 9.91. The molecule has 2 N–H and O–H groups in total. The van der Waals surface area contributed by atoms with Crippen molar-refractivity contribution in [3.05, 3.63) is 35.7 Å². The zero-order chi connectivity index (χ0) is 21.2. The first kappa shape index (κ1) is 20.9. The molecule has 0 spiro atoms. The molecule has 9 heteroatoms. The summed E-state index contributed by atoms with van der Waals surface area (Å²) in [5.74, 6) is -0.133. The van der Waals surface area contributed by atoms with Gasteiger partial charge in [0.15, 0.2) is 0 Å². The summed E-state index contributed by atoms with van der Waals surface area (Å²) in [6, 6.07) is 3.41. The molecule has 1 aliphatic rings. The molecule has 1 atom stereocenters. The van der Waals surface area contributed by atoms with Gasteiger partial charge < -0.3 is 10.6 Å². The van der Waals surface area contributed by atoms with Crippen LogP contribution in [0.25, 0.3) is 11.1 Å². The second-order valence-corrected chi connectivity index (χ2v) is 7.14. The van der Waals surface area contributed by atoms with E-state index in [9.17, 15) is 18.0 Å². The number of nitrogens with one attached hydrogen (secondary N) is 2. The van der Waals surface area contributed by atoms with Crippen LogP contribution < -0.4 is 10.6 Å². The quantitative estimate of drug-likeness (QED) is 0.719. The zero-order valence-electron chi connectivity index (χ0n) is 16.6. The van der Waals surface area contributed by atoms with Gasteiger partial charge >= 0.3 is 6.18 Å². The van der Waals surface area contributed by atoms with Gasteiger partial charge in [-0.3, -0.25) is 14.5 Å². The van der Waals surface area contributed by atoms with Crippen LogP contribution >= 0.6 is 0 Å². The highest BCUT2D eigenvalue weighted by Crippen LogP contribution is 2.32. The molecule has 0 bridgehead atoms. The molecule has 0 aliphatic carbocycles. The molecule has 1 aromatic heterocycles. The number of benzene rings is 1. The van der Waals surface area contributed by atoms with Crippen LogP contribution in [0.2, 0.25) is 0 Å². The van der Waals surface area contributed by atoms with E-state index in [4.69, 9.17) is 0 Å². The summed E-state index contributed by atoms with van der Waals surface area (Å²) < 4.78 is 39.2. The maximum atomic E-state index is 12.5. The summed E-state index contributed by atoms with van der Waals surface area (Å²) >= 11 is 0. The highest BCUT2D eigenvalue weighted by molar-refractivity contribution is 6.04. The van der Waals surface area contributed by atoms with Crippen LogP contribution in [0.1, 0.15) is 36.2 Å². The van der Waals surface area contributed by atoms with Crippen LogP contribution in [-0.4, -0.2) is 46.7 Å². The number of hydrogen-bond acceptors (Lipinski definition) is 4. The molecular formula is C20H24F3N5O. The summed E-state index contributed by atoms with van der Waals surface area (Å²) in [7, 11) is 1.80. The number of carbonyl (C=O) groups is 1. The summed E-state index contributed by atoms with van der Waals surface area (Å²) in [6.45, 7) is 2.84. The number of fused-ring (bicyclic) bond motifs is 1. The second kappa shape index (κ2) is 8.26. The molecular weight excluding hydrogens is 383 g/mol. The molecule has 2 heterocycles. The van der Waals surface area contributed by atoms with Crippen molar-refractivity contribution in [3.8, 4) is 11.1 Å². The van der Waals surface area contributed by atoms with E-state index in [1.54, 1.807) is 24.9 Å². The van der Waals surface area contributed by atoms with Crippen LogP contribution in [-0.2, 0) is 13.5 Å². The van der Waals surface area contributed by atoms with E-state index in [-0.39, 0.29) is 11.9 Å². The van der Waals surface area contributed by atoms with Crippen LogP contribution in [0.4, 0.5) is 18.9 Å². The third-order valence-electron chi connectivity index (χ3n) is 4.90. The molecule has 0 saturated carbocycles. The zero-order valence-corrected chi connectivity index (χ0v) is 16.6. The number of rotatable bonds is 6. The Morgan fingerprint density at radius 3 is 2.79 bits per heavy atom. The maximum absolute atomic E-state index is 12.5.